The summed E-state index contributed by atoms with van der Waals surface area (Å²) in [5.74, 6) is -0.396. The van der Waals surface area contributed by atoms with Crippen molar-refractivity contribution in [3.63, 3.8) is 0 Å². The van der Waals surface area contributed by atoms with Gasteiger partial charge in [-0.2, -0.15) is 0 Å². The largest absolute Gasteiger partial charge is 0.504 e. The minimum atomic E-state index is -0.145. The van der Waals surface area contributed by atoms with Gasteiger partial charge in [-0.1, -0.05) is 12.1 Å². The molecule has 0 aliphatic rings. The van der Waals surface area contributed by atoms with E-state index in [-0.39, 0.29) is 17.4 Å². The first kappa shape index (κ1) is 14.9. The van der Waals surface area contributed by atoms with Crippen molar-refractivity contribution in [2.24, 2.45) is 0 Å². The Morgan fingerprint density at radius 3 is 2.43 bits per heavy atom. The molecule has 0 fully saturated rings. The molecule has 0 aliphatic heterocycles. The van der Waals surface area contributed by atoms with Crippen molar-refractivity contribution < 1.29 is 15.0 Å². The SMILES string of the molecule is Cc1ccc(C(=O)NCCc2ccc(O)c(O)c2)cc1C. The van der Waals surface area contributed by atoms with E-state index in [1.807, 2.05) is 32.0 Å². The number of benzene rings is 2. The molecule has 21 heavy (non-hydrogen) atoms. The van der Waals surface area contributed by atoms with Crippen molar-refractivity contribution in [1.82, 2.24) is 5.32 Å². The second-order valence-corrected chi connectivity index (χ2v) is 5.13. The van der Waals surface area contributed by atoms with Crippen LogP contribution in [-0.2, 0) is 6.42 Å². The Kier molecular flexibility index (Phi) is 4.48. The molecule has 0 aliphatic carbocycles. The lowest BCUT2D eigenvalue weighted by Crippen LogP contribution is -2.25. The molecule has 0 spiro atoms. The number of hydrogen-bond donors (Lipinski definition) is 3. The molecule has 4 nitrogen and oxygen atoms in total. The zero-order valence-electron chi connectivity index (χ0n) is 12.2. The smallest absolute Gasteiger partial charge is 0.251 e. The molecule has 0 unspecified atom stereocenters. The maximum Gasteiger partial charge on any atom is 0.251 e. The van der Waals surface area contributed by atoms with Crippen LogP contribution in [0.15, 0.2) is 36.4 Å². The average molecular weight is 285 g/mol. The molecule has 110 valence electrons. The summed E-state index contributed by atoms with van der Waals surface area (Å²) in [7, 11) is 0. The highest BCUT2D eigenvalue weighted by molar-refractivity contribution is 5.94. The van der Waals surface area contributed by atoms with Crippen molar-refractivity contribution in [1.29, 1.82) is 0 Å². The molecule has 0 aromatic heterocycles. The summed E-state index contributed by atoms with van der Waals surface area (Å²) in [6.07, 6.45) is 0.588. The molecule has 0 bridgehead atoms. The van der Waals surface area contributed by atoms with E-state index in [9.17, 15) is 15.0 Å². The van der Waals surface area contributed by atoms with Gasteiger partial charge >= 0.3 is 0 Å². The van der Waals surface area contributed by atoms with Crippen molar-refractivity contribution in [3.8, 4) is 11.5 Å². The lowest BCUT2D eigenvalue weighted by Gasteiger charge is -2.08. The van der Waals surface area contributed by atoms with Crippen molar-refractivity contribution in [3.05, 3.63) is 58.7 Å². The predicted octanol–water partition coefficient (Wildman–Crippen LogP) is 2.69. The van der Waals surface area contributed by atoms with Crippen molar-refractivity contribution in [2.75, 3.05) is 6.54 Å². The molecule has 2 rings (SSSR count). The highest BCUT2D eigenvalue weighted by atomic mass is 16.3. The first-order valence-electron chi connectivity index (χ1n) is 6.83. The maximum atomic E-state index is 12.0. The summed E-state index contributed by atoms with van der Waals surface area (Å²) >= 11 is 0. The summed E-state index contributed by atoms with van der Waals surface area (Å²) in [5, 5.41) is 21.5. The van der Waals surface area contributed by atoms with Crippen LogP contribution in [0, 0.1) is 13.8 Å². The minimum absolute atomic E-state index is 0.110. The number of rotatable bonds is 4. The van der Waals surface area contributed by atoms with Gasteiger partial charge in [0.05, 0.1) is 0 Å². The second kappa shape index (κ2) is 6.31. The van der Waals surface area contributed by atoms with Gasteiger partial charge in [0.15, 0.2) is 11.5 Å². The highest BCUT2D eigenvalue weighted by Gasteiger charge is 2.06. The topological polar surface area (TPSA) is 69.6 Å². The van der Waals surface area contributed by atoms with Crippen LogP contribution in [0.5, 0.6) is 11.5 Å². The van der Waals surface area contributed by atoms with Gasteiger partial charge in [-0.25, -0.2) is 0 Å². The van der Waals surface area contributed by atoms with Gasteiger partial charge in [-0.05, 0) is 61.2 Å². The third kappa shape index (κ3) is 3.75. The van der Waals surface area contributed by atoms with Gasteiger partial charge < -0.3 is 15.5 Å². The average Bonchev–Trinajstić information content (AvgIpc) is 2.45. The van der Waals surface area contributed by atoms with Gasteiger partial charge in [0.1, 0.15) is 0 Å². The summed E-state index contributed by atoms with van der Waals surface area (Å²) in [6.45, 7) is 4.45. The summed E-state index contributed by atoms with van der Waals surface area (Å²) < 4.78 is 0. The number of hydrogen-bond acceptors (Lipinski definition) is 3. The number of nitrogens with one attached hydrogen (secondary N) is 1. The van der Waals surface area contributed by atoms with Crippen LogP contribution in [-0.4, -0.2) is 22.7 Å². The zero-order chi connectivity index (χ0) is 15.4. The Morgan fingerprint density at radius 2 is 1.76 bits per heavy atom. The summed E-state index contributed by atoms with van der Waals surface area (Å²) in [6, 6.07) is 10.3. The fourth-order valence-electron chi connectivity index (χ4n) is 2.03. The van der Waals surface area contributed by atoms with Crippen LogP contribution in [0.2, 0.25) is 0 Å². The van der Waals surface area contributed by atoms with Gasteiger partial charge in [0, 0.05) is 12.1 Å². The van der Waals surface area contributed by atoms with E-state index >= 15 is 0 Å². The molecule has 4 heteroatoms. The Morgan fingerprint density at radius 1 is 1.00 bits per heavy atom. The third-order valence-electron chi connectivity index (χ3n) is 3.51. The molecule has 0 atom stereocenters. The summed E-state index contributed by atoms with van der Waals surface area (Å²) in [5.41, 5.74) is 3.74. The van der Waals surface area contributed by atoms with E-state index in [0.717, 1.165) is 16.7 Å². The standard InChI is InChI=1S/C17H19NO3/c1-11-3-5-14(9-12(11)2)17(21)18-8-7-13-4-6-15(19)16(20)10-13/h3-6,9-10,19-20H,7-8H2,1-2H3,(H,18,21). The summed E-state index contributed by atoms with van der Waals surface area (Å²) in [4.78, 5) is 12.0. The van der Waals surface area contributed by atoms with E-state index < -0.39 is 0 Å². The molecule has 0 heterocycles. The lowest BCUT2D eigenvalue weighted by atomic mass is 10.1. The van der Waals surface area contributed by atoms with Gasteiger partial charge in [0.25, 0.3) is 5.91 Å². The molecule has 2 aromatic rings. The Labute approximate surface area is 124 Å². The Hall–Kier alpha value is -2.49. The molecular weight excluding hydrogens is 266 g/mol. The van der Waals surface area contributed by atoms with Crippen LogP contribution in [0.3, 0.4) is 0 Å². The number of phenols is 2. The first-order chi connectivity index (χ1) is 9.97. The van der Waals surface area contributed by atoms with E-state index in [1.54, 1.807) is 6.07 Å². The normalized spacial score (nSPS) is 10.4. The van der Waals surface area contributed by atoms with Gasteiger partial charge in [-0.15, -0.1) is 0 Å². The highest BCUT2D eigenvalue weighted by Crippen LogP contribution is 2.24. The van der Waals surface area contributed by atoms with E-state index in [1.165, 1.54) is 12.1 Å². The Bertz CT molecular complexity index is 665. The minimum Gasteiger partial charge on any atom is -0.504 e. The molecule has 0 radical (unpaired) electrons. The molecular formula is C17H19NO3. The molecule has 0 saturated heterocycles. The fraction of sp³-hybridized carbons (Fsp3) is 0.235. The van der Waals surface area contributed by atoms with E-state index in [0.29, 0.717) is 18.5 Å². The first-order valence-corrected chi connectivity index (χ1v) is 6.83. The Balaban J connectivity index is 1.92. The number of aryl methyl sites for hydroxylation is 2. The molecule has 0 saturated carbocycles. The predicted molar refractivity (Wildman–Crippen MR) is 81.7 cm³/mol. The molecule has 2 aromatic carbocycles. The van der Waals surface area contributed by atoms with E-state index in [2.05, 4.69) is 5.32 Å². The maximum absolute atomic E-state index is 12.0. The van der Waals surface area contributed by atoms with Crippen molar-refractivity contribution in [2.45, 2.75) is 20.3 Å². The van der Waals surface area contributed by atoms with E-state index in [4.69, 9.17) is 0 Å². The number of phenolic OH excluding ortho intramolecular Hbond substituents is 2. The van der Waals surface area contributed by atoms with Crippen molar-refractivity contribution >= 4 is 5.91 Å². The van der Waals surface area contributed by atoms with Crippen LogP contribution >= 0.6 is 0 Å². The van der Waals surface area contributed by atoms with Gasteiger partial charge in [-0.3, -0.25) is 4.79 Å². The van der Waals surface area contributed by atoms with Crippen LogP contribution in [0.25, 0.3) is 0 Å². The number of aromatic hydroxyl groups is 2. The van der Waals surface area contributed by atoms with Crippen LogP contribution in [0.1, 0.15) is 27.0 Å². The second-order valence-electron chi connectivity index (χ2n) is 5.13. The van der Waals surface area contributed by atoms with Crippen LogP contribution < -0.4 is 5.32 Å². The molecule has 1 amide bonds. The number of carbonyl (C=O) groups excluding carboxylic acids is 1. The van der Waals surface area contributed by atoms with Crippen LogP contribution in [0.4, 0.5) is 0 Å². The fourth-order valence-corrected chi connectivity index (χ4v) is 2.03. The monoisotopic (exact) mass is 285 g/mol. The lowest BCUT2D eigenvalue weighted by molar-refractivity contribution is 0.0954. The quantitative estimate of drug-likeness (QED) is 0.756. The zero-order valence-corrected chi connectivity index (χ0v) is 12.2. The number of carbonyl (C=O) groups is 1. The van der Waals surface area contributed by atoms with Gasteiger partial charge in [0.2, 0.25) is 0 Å². The number of amides is 1. The molecule has 3 N–H and O–H groups in total. The third-order valence-corrected chi connectivity index (χ3v) is 3.51.